The van der Waals surface area contributed by atoms with Gasteiger partial charge in [0.1, 0.15) is 6.23 Å². The molecule has 4 aromatic carbocycles. The van der Waals surface area contributed by atoms with E-state index < -0.39 is 17.3 Å². The Kier molecular flexibility index (Phi) is 13.7. The van der Waals surface area contributed by atoms with Gasteiger partial charge < -0.3 is 25.5 Å². The first kappa shape index (κ1) is 42.4. The number of fused-ring (bicyclic) bond motifs is 4. The number of para-hydroxylation sites is 2. The summed E-state index contributed by atoms with van der Waals surface area (Å²) in [6, 6.07) is 34.8. The number of hydrogen-bond donors (Lipinski definition) is 3. The summed E-state index contributed by atoms with van der Waals surface area (Å²) in [5.74, 6) is 12.0. The molecule has 12 nitrogen and oxygen atoms in total. The first-order valence-electron chi connectivity index (χ1n) is 19.9. The van der Waals surface area contributed by atoms with Crippen molar-refractivity contribution in [1.29, 1.82) is 10.5 Å². The van der Waals surface area contributed by atoms with Crippen LogP contribution >= 0.6 is 0 Å². The van der Waals surface area contributed by atoms with Crippen LogP contribution < -0.4 is 20.4 Å². The molecule has 0 bridgehead atoms. The minimum absolute atomic E-state index is 0.0196. The van der Waals surface area contributed by atoms with Crippen LogP contribution in [0.1, 0.15) is 85.8 Å². The van der Waals surface area contributed by atoms with E-state index in [1.54, 1.807) is 4.90 Å². The maximum Gasteiger partial charge on any atom is 0.229 e. The van der Waals surface area contributed by atoms with Crippen molar-refractivity contribution in [3.05, 3.63) is 130 Å². The summed E-state index contributed by atoms with van der Waals surface area (Å²) in [5, 5.41) is 45.2. The Hall–Kier alpha value is -7.25. The number of rotatable bonds is 15. The zero-order valence-corrected chi connectivity index (χ0v) is 33.7. The molecule has 3 N–H and O–H groups in total. The lowest BCUT2D eigenvalue weighted by Gasteiger charge is -2.32. The molecule has 2 aliphatic rings. The van der Waals surface area contributed by atoms with Crippen molar-refractivity contribution >= 4 is 29.1 Å². The number of benzene rings is 4. The Bertz CT molecular complexity index is 2500. The van der Waals surface area contributed by atoms with Gasteiger partial charge in [-0.1, -0.05) is 84.3 Å². The molecule has 0 radical (unpaired) electrons. The quantitative estimate of drug-likeness (QED) is 0.0940. The van der Waals surface area contributed by atoms with Gasteiger partial charge in [0.15, 0.2) is 11.1 Å². The van der Waals surface area contributed by atoms with E-state index in [9.17, 15) is 30.0 Å². The summed E-state index contributed by atoms with van der Waals surface area (Å²) >= 11 is 0. The van der Waals surface area contributed by atoms with E-state index in [1.807, 2.05) is 102 Å². The number of hydrogen-bond acceptors (Lipinski definition) is 9. The number of aliphatic hydroxyl groups excluding tert-OH is 1. The molecule has 0 aliphatic carbocycles. The molecule has 3 unspecified atom stereocenters. The second-order valence-electron chi connectivity index (χ2n) is 15.1. The van der Waals surface area contributed by atoms with Gasteiger partial charge in [0.2, 0.25) is 17.7 Å². The highest BCUT2D eigenvalue weighted by Crippen LogP contribution is 2.29. The number of azo groups is 1. The van der Waals surface area contributed by atoms with Crippen LogP contribution in [0.5, 0.6) is 0 Å². The zero-order valence-electron chi connectivity index (χ0n) is 33.7. The molecule has 3 atom stereocenters. The molecular formula is C48H46N8O4. The second-order valence-corrected chi connectivity index (χ2v) is 15.1. The predicted molar refractivity (Wildman–Crippen MR) is 228 cm³/mol. The molecule has 6 rings (SSSR count). The third-order valence-corrected chi connectivity index (χ3v) is 10.5. The fraction of sp³-hybridized carbons (Fsp3) is 0.312. The molecule has 0 saturated carbocycles. The van der Waals surface area contributed by atoms with E-state index in [2.05, 4.69) is 56.7 Å². The lowest BCUT2D eigenvalue weighted by molar-refractivity contribution is -0.122. The van der Waals surface area contributed by atoms with Crippen LogP contribution in [-0.2, 0) is 27.5 Å². The average Bonchev–Trinajstić information content (AvgIpc) is 3.25. The van der Waals surface area contributed by atoms with Gasteiger partial charge in [0.25, 0.3) is 0 Å². The Morgan fingerprint density at radius 1 is 0.667 bits per heavy atom. The lowest BCUT2D eigenvalue weighted by Crippen LogP contribution is -2.39. The van der Waals surface area contributed by atoms with Crippen molar-refractivity contribution < 1.29 is 19.5 Å². The fourth-order valence-corrected chi connectivity index (χ4v) is 6.79. The van der Waals surface area contributed by atoms with Gasteiger partial charge >= 0.3 is 0 Å². The predicted octanol–water partition coefficient (Wildman–Crippen LogP) is 6.26. The molecule has 0 saturated heterocycles. The van der Waals surface area contributed by atoms with Crippen molar-refractivity contribution in [2.75, 3.05) is 22.9 Å². The number of carbonyl (C=O) groups is 3. The third-order valence-electron chi connectivity index (χ3n) is 10.5. The van der Waals surface area contributed by atoms with E-state index in [1.165, 1.54) is 13.8 Å². The largest absolute Gasteiger partial charge is 0.374 e. The SMILES string of the molecule is CC(C#N)(CCC(=O)NCCC(=O)N1Cc2ccccc2C#Cc2ccccc21)N=NC(C)(C#N)CCC(=O)NCCC(O)N1Cc2ccccc2C#Cc2ccccc21. The van der Waals surface area contributed by atoms with Gasteiger partial charge in [-0.05, 0) is 74.2 Å². The van der Waals surface area contributed by atoms with E-state index in [0.717, 1.165) is 39.1 Å². The third kappa shape index (κ3) is 10.8. The topological polar surface area (TPSA) is 174 Å². The standard InChI is InChI=1S/C48H46N8O4/c1-47(33-49,27-23-43(57)51-29-25-45(59)55-31-39-15-5-3-11-35(39)19-21-37-13-7-9-17-41(37)55)53-54-48(2,34-50)28-24-44(58)52-30-26-46(60)56-32-40-16-6-4-12-36(40)20-22-38-14-8-10-18-42(38)56/h3-18,45,59H,23-32H2,1-2H3,(H,51,57)(H,52,58). The van der Waals surface area contributed by atoms with Crippen LogP contribution in [0, 0.1) is 46.3 Å². The van der Waals surface area contributed by atoms with Crippen LogP contribution in [0.3, 0.4) is 0 Å². The molecule has 302 valence electrons. The van der Waals surface area contributed by atoms with Gasteiger partial charge in [-0.3, -0.25) is 14.4 Å². The van der Waals surface area contributed by atoms with Crippen LogP contribution in [0.2, 0.25) is 0 Å². The number of nitrogens with one attached hydrogen (secondary N) is 2. The molecule has 0 spiro atoms. The van der Waals surface area contributed by atoms with Gasteiger partial charge in [-0.2, -0.15) is 20.8 Å². The molecule has 12 heteroatoms. The minimum atomic E-state index is -1.41. The molecule has 2 aliphatic heterocycles. The van der Waals surface area contributed by atoms with E-state index >= 15 is 0 Å². The highest BCUT2D eigenvalue weighted by atomic mass is 16.3. The van der Waals surface area contributed by atoms with E-state index in [-0.39, 0.29) is 69.3 Å². The van der Waals surface area contributed by atoms with Crippen LogP contribution in [-0.4, -0.2) is 53.2 Å². The first-order chi connectivity index (χ1) is 29.0. The molecule has 0 aromatic heterocycles. The summed E-state index contributed by atoms with van der Waals surface area (Å²) in [7, 11) is 0. The highest BCUT2D eigenvalue weighted by molar-refractivity contribution is 5.95. The smallest absolute Gasteiger partial charge is 0.229 e. The van der Waals surface area contributed by atoms with Crippen molar-refractivity contribution in [3.63, 3.8) is 0 Å². The number of aliphatic hydroxyl groups is 1. The normalized spacial score (nSPS) is 14.9. The van der Waals surface area contributed by atoms with Gasteiger partial charge in [-0.25, -0.2) is 0 Å². The molecule has 0 fully saturated rings. The number of nitrogens with zero attached hydrogens (tertiary/aromatic N) is 6. The lowest BCUT2D eigenvalue weighted by atomic mass is 9.97. The molecule has 4 aromatic rings. The van der Waals surface area contributed by atoms with Crippen LogP contribution in [0.15, 0.2) is 107 Å². The number of carbonyl (C=O) groups excluding carboxylic acids is 3. The monoisotopic (exact) mass is 798 g/mol. The van der Waals surface area contributed by atoms with E-state index in [4.69, 9.17) is 0 Å². The Morgan fingerprint density at radius 2 is 1.12 bits per heavy atom. The molecule has 2 heterocycles. The summed E-state index contributed by atoms with van der Waals surface area (Å²) in [6.07, 6.45) is -0.663. The van der Waals surface area contributed by atoms with Crippen molar-refractivity contribution in [2.45, 2.75) is 82.8 Å². The minimum Gasteiger partial charge on any atom is -0.374 e. The highest BCUT2D eigenvalue weighted by Gasteiger charge is 2.30. The number of nitriles is 2. The van der Waals surface area contributed by atoms with E-state index in [0.29, 0.717) is 18.8 Å². The van der Waals surface area contributed by atoms with Gasteiger partial charge in [0.05, 0.1) is 30.1 Å². The first-order valence-corrected chi connectivity index (χ1v) is 19.9. The van der Waals surface area contributed by atoms with Crippen LogP contribution in [0.25, 0.3) is 0 Å². The summed E-state index contributed by atoms with van der Waals surface area (Å²) in [5.41, 5.74) is 3.90. The fourth-order valence-electron chi connectivity index (χ4n) is 6.79. The van der Waals surface area contributed by atoms with Gasteiger partial charge in [0, 0.05) is 67.6 Å². The number of amides is 3. The van der Waals surface area contributed by atoms with Crippen LogP contribution in [0.4, 0.5) is 11.4 Å². The Morgan fingerprint density at radius 3 is 1.68 bits per heavy atom. The molecular weight excluding hydrogens is 753 g/mol. The molecule has 3 amide bonds. The zero-order chi connectivity index (χ0) is 42.5. The molecule has 60 heavy (non-hydrogen) atoms. The average molecular weight is 799 g/mol. The van der Waals surface area contributed by atoms with Crippen molar-refractivity contribution in [2.24, 2.45) is 10.2 Å². The Labute approximate surface area is 350 Å². The van der Waals surface area contributed by atoms with Gasteiger partial charge in [-0.15, -0.1) is 0 Å². The summed E-state index contributed by atoms with van der Waals surface area (Å²) in [6.45, 7) is 4.13. The maximum atomic E-state index is 13.5. The second kappa shape index (κ2) is 19.5. The van der Waals surface area contributed by atoms with Crippen molar-refractivity contribution in [1.82, 2.24) is 10.6 Å². The summed E-state index contributed by atoms with van der Waals surface area (Å²) < 4.78 is 0. The summed E-state index contributed by atoms with van der Waals surface area (Å²) in [4.78, 5) is 42.8. The van der Waals surface area contributed by atoms with Crippen molar-refractivity contribution in [3.8, 4) is 35.8 Å². The Balaban J connectivity index is 0.953. The number of anilines is 2. The maximum absolute atomic E-state index is 13.5.